The fraction of sp³-hybridized carbons (Fsp3) is 0.929. The number of amides is 1. The summed E-state index contributed by atoms with van der Waals surface area (Å²) in [5.74, 6) is 0.751. The molecule has 2 aliphatic rings. The summed E-state index contributed by atoms with van der Waals surface area (Å²) in [6.45, 7) is 6.90. The predicted molar refractivity (Wildman–Crippen MR) is 78.6 cm³/mol. The Kier molecular flexibility index (Phi) is 7.11. The molecule has 2 N–H and O–H groups in total. The smallest absolute Gasteiger partial charge is 0.220 e. The van der Waals surface area contributed by atoms with Crippen LogP contribution in [0.4, 0.5) is 0 Å². The van der Waals surface area contributed by atoms with Crippen LogP contribution in [-0.4, -0.2) is 38.8 Å². The first-order valence-corrected chi connectivity index (χ1v) is 7.23. The number of carbonyl (C=O) groups is 1. The predicted octanol–water partition coefficient (Wildman–Crippen LogP) is 1.73. The quantitative estimate of drug-likeness (QED) is 0.829. The van der Waals surface area contributed by atoms with Crippen molar-refractivity contribution in [2.75, 3.05) is 32.8 Å². The Labute approximate surface area is 122 Å². The van der Waals surface area contributed by atoms with Crippen molar-refractivity contribution in [3.63, 3.8) is 0 Å². The second-order valence-corrected chi connectivity index (χ2v) is 6.10. The summed E-state index contributed by atoms with van der Waals surface area (Å²) in [5, 5.41) is 6.50. The maximum absolute atomic E-state index is 11.9. The van der Waals surface area contributed by atoms with Gasteiger partial charge in [-0.3, -0.25) is 4.79 Å². The Balaban J connectivity index is 0.00000180. The molecule has 0 bridgehead atoms. The van der Waals surface area contributed by atoms with Crippen LogP contribution in [0.3, 0.4) is 0 Å². The van der Waals surface area contributed by atoms with Gasteiger partial charge in [-0.05, 0) is 50.1 Å². The van der Waals surface area contributed by atoms with Crippen molar-refractivity contribution >= 4 is 18.3 Å². The zero-order valence-electron chi connectivity index (χ0n) is 11.9. The first-order valence-electron chi connectivity index (χ1n) is 7.23. The highest BCUT2D eigenvalue weighted by molar-refractivity contribution is 5.85. The minimum atomic E-state index is 0. The van der Waals surface area contributed by atoms with Crippen LogP contribution in [0.25, 0.3) is 0 Å². The number of halogens is 1. The fourth-order valence-corrected chi connectivity index (χ4v) is 2.80. The van der Waals surface area contributed by atoms with Gasteiger partial charge in [0, 0.05) is 26.2 Å². The second kappa shape index (κ2) is 8.08. The summed E-state index contributed by atoms with van der Waals surface area (Å²) in [7, 11) is 0. The molecular weight excluding hydrogens is 264 g/mol. The number of hydrogen-bond donors (Lipinski definition) is 2. The lowest BCUT2D eigenvalue weighted by Crippen LogP contribution is -2.43. The number of carbonyl (C=O) groups excluding carboxylic acids is 1. The van der Waals surface area contributed by atoms with Crippen molar-refractivity contribution in [1.29, 1.82) is 0 Å². The van der Waals surface area contributed by atoms with Gasteiger partial charge in [0.2, 0.25) is 5.91 Å². The van der Waals surface area contributed by atoms with Gasteiger partial charge in [0.15, 0.2) is 0 Å². The number of ether oxygens (including phenoxy) is 1. The fourth-order valence-electron chi connectivity index (χ4n) is 2.80. The highest BCUT2D eigenvalue weighted by atomic mass is 35.5. The topological polar surface area (TPSA) is 50.4 Å². The second-order valence-electron chi connectivity index (χ2n) is 6.10. The maximum atomic E-state index is 11.9. The lowest BCUT2D eigenvalue weighted by atomic mass is 9.81. The van der Waals surface area contributed by atoms with Crippen molar-refractivity contribution in [2.24, 2.45) is 11.3 Å². The molecule has 19 heavy (non-hydrogen) atoms. The Morgan fingerprint density at radius 3 is 2.58 bits per heavy atom. The van der Waals surface area contributed by atoms with E-state index in [0.717, 1.165) is 58.5 Å². The van der Waals surface area contributed by atoms with E-state index in [-0.39, 0.29) is 23.7 Å². The minimum absolute atomic E-state index is 0. The molecule has 0 radical (unpaired) electrons. The van der Waals surface area contributed by atoms with Crippen molar-refractivity contribution in [1.82, 2.24) is 10.6 Å². The minimum Gasteiger partial charge on any atom is -0.381 e. The Morgan fingerprint density at radius 1 is 1.32 bits per heavy atom. The van der Waals surface area contributed by atoms with Gasteiger partial charge in [-0.25, -0.2) is 0 Å². The van der Waals surface area contributed by atoms with Gasteiger partial charge in [0.05, 0.1) is 0 Å². The van der Waals surface area contributed by atoms with Crippen LogP contribution in [0.1, 0.15) is 39.0 Å². The molecule has 0 spiro atoms. The zero-order chi connectivity index (χ0) is 12.8. The summed E-state index contributed by atoms with van der Waals surface area (Å²) in [6.07, 6.45) is 5.07. The highest BCUT2D eigenvalue weighted by Gasteiger charge is 2.27. The zero-order valence-corrected chi connectivity index (χ0v) is 12.7. The number of piperidine rings is 1. The van der Waals surface area contributed by atoms with E-state index in [1.165, 1.54) is 0 Å². The van der Waals surface area contributed by atoms with Gasteiger partial charge in [-0.2, -0.15) is 0 Å². The van der Waals surface area contributed by atoms with Crippen LogP contribution in [0.5, 0.6) is 0 Å². The molecule has 0 atom stereocenters. The van der Waals surface area contributed by atoms with Gasteiger partial charge >= 0.3 is 0 Å². The van der Waals surface area contributed by atoms with E-state index in [1.54, 1.807) is 0 Å². The molecule has 0 aromatic carbocycles. The van der Waals surface area contributed by atoms with E-state index >= 15 is 0 Å². The van der Waals surface area contributed by atoms with Crippen molar-refractivity contribution < 1.29 is 9.53 Å². The Hall–Kier alpha value is -0.320. The van der Waals surface area contributed by atoms with Crippen LogP contribution in [0, 0.1) is 11.3 Å². The van der Waals surface area contributed by atoms with E-state index in [2.05, 4.69) is 17.6 Å². The van der Waals surface area contributed by atoms with Gasteiger partial charge in [0.25, 0.3) is 0 Å². The largest absolute Gasteiger partial charge is 0.381 e. The van der Waals surface area contributed by atoms with Crippen molar-refractivity contribution in [3.8, 4) is 0 Å². The number of nitrogens with one attached hydrogen (secondary N) is 2. The van der Waals surface area contributed by atoms with E-state index in [9.17, 15) is 4.79 Å². The number of rotatable bonds is 4. The Bertz CT molecular complexity index is 275. The van der Waals surface area contributed by atoms with E-state index in [4.69, 9.17) is 4.74 Å². The molecule has 0 aliphatic carbocycles. The Morgan fingerprint density at radius 2 is 1.95 bits per heavy atom. The summed E-state index contributed by atoms with van der Waals surface area (Å²) in [6, 6.07) is 0. The normalized spacial score (nSPS) is 23.4. The standard InChI is InChI=1S/C14H26N2O2.ClH/c1-14(4-6-15-7-5-14)11-16-13(17)10-12-2-8-18-9-3-12;/h12,15H,2-11H2,1H3,(H,16,17);1H. The summed E-state index contributed by atoms with van der Waals surface area (Å²) in [5.41, 5.74) is 0.288. The van der Waals surface area contributed by atoms with Crippen LogP contribution in [0.15, 0.2) is 0 Å². The maximum Gasteiger partial charge on any atom is 0.220 e. The van der Waals surface area contributed by atoms with Gasteiger partial charge in [-0.1, -0.05) is 6.92 Å². The summed E-state index contributed by atoms with van der Waals surface area (Å²) < 4.78 is 5.31. The van der Waals surface area contributed by atoms with E-state index in [1.807, 2.05) is 0 Å². The lowest BCUT2D eigenvalue weighted by molar-refractivity contribution is -0.123. The molecular formula is C14H27ClN2O2. The SMILES string of the molecule is CC1(CNC(=O)CC2CCOCC2)CCNCC1.Cl. The molecule has 4 nitrogen and oxygen atoms in total. The molecule has 0 saturated carbocycles. The molecule has 0 aromatic rings. The van der Waals surface area contributed by atoms with Crippen molar-refractivity contribution in [3.05, 3.63) is 0 Å². The third-order valence-electron chi connectivity index (χ3n) is 4.34. The molecule has 0 aromatic heterocycles. The third-order valence-corrected chi connectivity index (χ3v) is 4.34. The molecule has 5 heteroatoms. The molecule has 0 unspecified atom stereocenters. The van der Waals surface area contributed by atoms with Gasteiger partial charge in [-0.15, -0.1) is 12.4 Å². The molecule has 2 aliphatic heterocycles. The molecule has 112 valence electrons. The summed E-state index contributed by atoms with van der Waals surface area (Å²) >= 11 is 0. The van der Waals surface area contributed by atoms with Crippen LogP contribution in [0.2, 0.25) is 0 Å². The van der Waals surface area contributed by atoms with Crippen LogP contribution in [-0.2, 0) is 9.53 Å². The van der Waals surface area contributed by atoms with Crippen LogP contribution >= 0.6 is 12.4 Å². The lowest BCUT2D eigenvalue weighted by Gasteiger charge is -2.34. The molecule has 2 heterocycles. The first kappa shape index (κ1) is 16.7. The third kappa shape index (κ3) is 5.67. The molecule has 2 fully saturated rings. The van der Waals surface area contributed by atoms with E-state index in [0.29, 0.717) is 12.3 Å². The molecule has 1 amide bonds. The van der Waals surface area contributed by atoms with Gasteiger partial charge in [0.1, 0.15) is 0 Å². The average molecular weight is 291 g/mol. The van der Waals surface area contributed by atoms with Crippen LogP contribution < -0.4 is 10.6 Å². The molecule has 2 rings (SSSR count). The average Bonchev–Trinajstić information content (AvgIpc) is 2.39. The monoisotopic (exact) mass is 290 g/mol. The van der Waals surface area contributed by atoms with E-state index < -0.39 is 0 Å². The van der Waals surface area contributed by atoms with Crippen molar-refractivity contribution in [2.45, 2.75) is 39.0 Å². The highest BCUT2D eigenvalue weighted by Crippen LogP contribution is 2.27. The molecule has 2 saturated heterocycles. The van der Waals surface area contributed by atoms with Gasteiger partial charge < -0.3 is 15.4 Å². The first-order chi connectivity index (χ1) is 8.68. The number of hydrogen-bond acceptors (Lipinski definition) is 3. The summed E-state index contributed by atoms with van der Waals surface area (Å²) in [4.78, 5) is 11.9.